The number of hydrogen-bond acceptors (Lipinski definition) is 4. The lowest BCUT2D eigenvalue weighted by Crippen LogP contribution is -2.32. The summed E-state index contributed by atoms with van der Waals surface area (Å²) in [6.07, 6.45) is 0.538. The minimum absolute atomic E-state index is 0.0754. The molecule has 0 aliphatic heterocycles. The number of aromatic nitrogens is 1. The third kappa shape index (κ3) is 4.65. The van der Waals surface area contributed by atoms with E-state index in [2.05, 4.69) is 54.3 Å². The van der Waals surface area contributed by atoms with Crippen molar-refractivity contribution >= 4 is 43.9 Å². The highest BCUT2D eigenvalue weighted by Gasteiger charge is 2.30. The normalized spacial score (nSPS) is 13.2. The molecule has 1 aromatic heterocycles. The number of carbonyl (C=O) groups is 2. The van der Waals surface area contributed by atoms with E-state index in [0.717, 1.165) is 26.7 Å². The standard InChI is InChI=1S/C23H18Br2N2O4/c24-13-9-19(25)22(26-11-13)20(10-21(28)29)27-23(30)31-12-18-16-7-3-1-5-14(16)15-6-2-4-8-17(15)18/h1-9,11,18,20H,10,12H2,(H,27,30)(H,28,29)/t20-/m0/s1. The Balaban J connectivity index is 1.50. The molecule has 1 aliphatic rings. The molecule has 1 amide bonds. The van der Waals surface area contributed by atoms with Crippen LogP contribution < -0.4 is 5.32 Å². The molecule has 0 fully saturated rings. The van der Waals surface area contributed by atoms with Gasteiger partial charge in [-0.05, 0) is 60.2 Å². The predicted molar refractivity (Wildman–Crippen MR) is 123 cm³/mol. The maximum Gasteiger partial charge on any atom is 0.407 e. The lowest BCUT2D eigenvalue weighted by molar-refractivity contribution is -0.137. The summed E-state index contributed by atoms with van der Waals surface area (Å²) in [6, 6.07) is 17.0. The van der Waals surface area contributed by atoms with Crippen molar-refractivity contribution in [3.63, 3.8) is 0 Å². The summed E-state index contributed by atoms with van der Waals surface area (Å²) >= 11 is 6.69. The lowest BCUT2D eigenvalue weighted by Gasteiger charge is -2.19. The van der Waals surface area contributed by atoms with Crippen molar-refractivity contribution in [1.82, 2.24) is 10.3 Å². The number of ether oxygens (including phenoxy) is 1. The third-order valence-electron chi connectivity index (χ3n) is 5.18. The number of alkyl carbamates (subject to hydrolysis) is 1. The predicted octanol–water partition coefficient (Wildman–Crippen LogP) is 5.66. The van der Waals surface area contributed by atoms with Gasteiger partial charge in [0.2, 0.25) is 0 Å². The van der Waals surface area contributed by atoms with Crippen molar-refractivity contribution in [2.45, 2.75) is 18.4 Å². The van der Waals surface area contributed by atoms with Gasteiger partial charge in [-0.3, -0.25) is 9.78 Å². The number of nitrogens with zero attached hydrogens (tertiary/aromatic N) is 1. The molecule has 158 valence electrons. The zero-order valence-corrected chi connectivity index (χ0v) is 19.4. The number of carboxylic acid groups (broad SMARTS) is 1. The summed E-state index contributed by atoms with van der Waals surface area (Å²) < 4.78 is 6.87. The Hall–Kier alpha value is -2.71. The van der Waals surface area contributed by atoms with E-state index in [1.165, 1.54) is 0 Å². The second kappa shape index (κ2) is 9.20. The molecule has 0 bridgehead atoms. The van der Waals surface area contributed by atoms with Crippen LogP contribution in [0.15, 0.2) is 69.7 Å². The van der Waals surface area contributed by atoms with Gasteiger partial charge in [0.05, 0.1) is 18.2 Å². The molecule has 6 nitrogen and oxygen atoms in total. The molecular weight excluding hydrogens is 528 g/mol. The van der Waals surface area contributed by atoms with Crippen molar-refractivity contribution in [2.75, 3.05) is 6.61 Å². The Kier molecular flexibility index (Phi) is 6.38. The van der Waals surface area contributed by atoms with Crippen LogP contribution in [0, 0.1) is 0 Å². The number of fused-ring (bicyclic) bond motifs is 3. The third-order valence-corrected chi connectivity index (χ3v) is 6.25. The Morgan fingerprint density at radius 2 is 1.68 bits per heavy atom. The summed E-state index contributed by atoms with van der Waals surface area (Å²) in [6.45, 7) is 0.147. The molecule has 4 rings (SSSR count). The zero-order valence-electron chi connectivity index (χ0n) is 16.2. The van der Waals surface area contributed by atoms with Crippen molar-refractivity contribution in [2.24, 2.45) is 0 Å². The van der Waals surface area contributed by atoms with Crippen molar-refractivity contribution in [3.8, 4) is 11.1 Å². The molecule has 1 aliphatic carbocycles. The summed E-state index contributed by atoms with van der Waals surface area (Å²) in [5.41, 5.74) is 4.91. The number of benzene rings is 2. The Bertz CT molecular complexity index is 1110. The monoisotopic (exact) mass is 544 g/mol. The number of carbonyl (C=O) groups excluding carboxylic acids is 1. The van der Waals surface area contributed by atoms with E-state index < -0.39 is 18.1 Å². The summed E-state index contributed by atoms with van der Waals surface area (Å²) in [4.78, 5) is 28.2. The Morgan fingerprint density at radius 1 is 1.06 bits per heavy atom. The highest BCUT2D eigenvalue weighted by atomic mass is 79.9. The van der Waals surface area contributed by atoms with Gasteiger partial charge in [0.15, 0.2) is 0 Å². The van der Waals surface area contributed by atoms with Gasteiger partial charge >= 0.3 is 12.1 Å². The first kappa shape index (κ1) is 21.5. The molecule has 0 spiro atoms. The van der Waals surface area contributed by atoms with E-state index in [4.69, 9.17) is 4.74 Å². The second-order valence-corrected chi connectivity index (χ2v) is 8.91. The average molecular weight is 546 g/mol. The van der Waals surface area contributed by atoms with Crippen LogP contribution in [0.4, 0.5) is 4.79 Å². The topological polar surface area (TPSA) is 88.5 Å². The van der Waals surface area contributed by atoms with Crippen LogP contribution >= 0.6 is 31.9 Å². The fourth-order valence-corrected chi connectivity index (χ4v) is 5.12. The molecule has 2 N–H and O–H groups in total. The second-order valence-electron chi connectivity index (χ2n) is 7.14. The van der Waals surface area contributed by atoms with Gasteiger partial charge < -0.3 is 15.2 Å². The van der Waals surface area contributed by atoms with Crippen molar-refractivity contribution in [1.29, 1.82) is 0 Å². The highest BCUT2D eigenvalue weighted by Crippen LogP contribution is 2.44. The number of rotatable bonds is 6. The minimum atomic E-state index is -1.06. The number of pyridine rings is 1. The fraction of sp³-hybridized carbons (Fsp3) is 0.174. The molecule has 8 heteroatoms. The van der Waals surface area contributed by atoms with Crippen LogP contribution in [0.2, 0.25) is 0 Å². The van der Waals surface area contributed by atoms with Crippen molar-refractivity contribution in [3.05, 3.63) is 86.6 Å². The van der Waals surface area contributed by atoms with Crippen LogP contribution in [0.5, 0.6) is 0 Å². The minimum Gasteiger partial charge on any atom is -0.481 e. The first-order valence-electron chi connectivity index (χ1n) is 9.58. The number of halogens is 2. The molecular formula is C23H18Br2N2O4. The lowest BCUT2D eigenvalue weighted by atomic mass is 9.98. The van der Waals surface area contributed by atoms with Gasteiger partial charge in [-0.2, -0.15) is 0 Å². The summed E-state index contributed by atoms with van der Waals surface area (Å²) in [5, 5.41) is 11.9. The van der Waals surface area contributed by atoms with E-state index in [0.29, 0.717) is 10.2 Å². The van der Waals surface area contributed by atoms with E-state index in [1.54, 1.807) is 12.3 Å². The number of nitrogens with one attached hydrogen (secondary N) is 1. The van der Waals surface area contributed by atoms with Crippen LogP contribution in [0.3, 0.4) is 0 Å². The maximum atomic E-state index is 12.6. The van der Waals surface area contributed by atoms with Crippen LogP contribution in [-0.4, -0.2) is 28.8 Å². The summed E-state index contributed by atoms with van der Waals surface area (Å²) in [7, 11) is 0. The van der Waals surface area contributed by atoms with Crippen LogP contribution in [0.25, 0.3) is 11.1 Å². The zero-order chi connectivity index (χ0) is 22.0. The fourth-order valence-electron chi connectivity index (χ4n) is 3.85. The van der Waals surface area contributed by atoms with Gasteiger partial charge in [-0.25, -0.2) is 4.79 Å². The smallest absolute Gasteiger partial charge is 0.407 e. The van der Waals surface area contributed by atoms with Gasteiger partial charge in [-0.1, -0.05) is 48.5 Å². The molecule has 1 atom stereocenters. The van der Waals surface area contributed by atoms with Gasteiger partial charge in [0, 0.05) is 21.1 Å². The average Bonchev–Trinajstić information content (AvgIpc) is 3.05. The van der Waals surface area contributed by atoms with Crippen LogP contribution in [0.1, 0.15) is 35.2 Å². The molecule has 0 saturated carbocycles. The molecule has 31 heavy (non-hydrogen) atoms. The molecule has 3 aromatic rings. The van der Waals surface area contributed by atoms with Crippen molar-refractivity contribution < 1.29 is 19.4 Å². The van der Waals surface area contributed by atoms with Gasteiger partial charge in [-0.15, -0.1) is 0 Å². The molecule has 1 heterocycles. The number of hydrogen-bond donors (Lipinski definition) is 2. The largest absolute Gasteiger partial charge is 0.481 e. The van der Waals surface area contributed by atoms with Gasteiger partial charge in [0.25, 0.3) is 0 Å². The number of carboxylic acids is 1. The Morgan fingerprint density at radius 3 is 2.26 bits per heavy atom. The number of amides is 1. The number of aliphatic carboxylic acids is 1. The summed E-state index contributed by atoms with van der Waals surface area (Å²) in [5.74, 6) is -1.13. The molecule has 0 radical (unpaired) electrons. The van der Waals surface area contributed by atoms with E-state index in [-0.39, 0.29) is 18.9 Å². The maximum absolute atomic E-state index is 12.6. The van der Waals surface area contributed by atoms with E-state index >= 15 is 0 Å². The van der Waals surface area contributed by atoms with E-state index in [9.17, 15) is 14.7 Å². The van der Waals surface area contributed by atoms with Crippen LogP contribution in [-0.2, 0) is 9.53 Å². The molecule has 2 aromatic carbocycles. The molecule has 0 saturated heterocycles. The quantitative estimate of drug-likeness (QED) is 0.417. The van der Waals surface area contributed by atoms with Gasteiger partial charge in [0.1, 0.15) is 6.61 Å². The SMILES string of the molecule is O=C(O)C[C@H](NC(=O)OCC1c2ccccc2-c2ccccc21)c1ncc(Br)cc1Br. The van der Waals surface area contributed by atoms with E-state index in [1.807, 2.05) is 36.4 Å². The molecule has 0 unspecified atom stereocenters. The first-order chi connectivity index (χ1) is 14.9. The highest BCUT2D eigenvalue weighted by molar-refractivity contribution is 9.11. The first-order valence-corrected chi connectivity index (χ1v) is 11.2. The Labute approximate surface area is 195 Å².